The SMILES string of the molecule is COCCNC(=O)CN(C)c1ncc(N)cc1Cl. The normalized spacial score (nSPS) is 10.2. The van der Waals surface area contributed by atoms with Gasteiger partial charge in [-0.3, -0.25) is 4.79 Å². The van der Waals surface area contributed by atoms with E-state index in [2.05, 4.69) is 10.3 Å². The van der Waals surface area contributed by atoms with Gasteiger partial charge in [-0.25, -0.2) is 4.98 Å². The lowest BCUT2D eigenvalue weighted by Crippen LogP contribution is -2.37. The molecule has 0 bridgehead atoms. The zero-order valence-electron chi connectivity index (χ0n) is 10.4. The Morgan fingerprint density at radius 1 is 1.67 bits per heavy atom. The Morgan fingerprint density at radius 3 is 3.00 bits per heavy atom. The highest BCUT2D eigenvalue weighted by atomic mass is 35.5. The van der Waals surface area contributed by atoms with E-state index in [4.69, 9.17) is 22.1 Å². The average Bonchev–Trinajstić information content (AvgIpc) is 2.28. The number of rotatable bonds is 6. The molecule has 0 fully saturated rings. The molecule has 1 aromatic heterocycles. The van der Waals surface area contributed by atoms with Crippen LogP contribution in [0.15, 0.2) is 12.3 Å². The summed E-state index contributed by atoms with van der Waals surface area (Å²) in [4.78, 5) is 17.3. The number of methoxy groups -OCH3 is 1. The van der Waals surface area contributed by atoms with E-state index in [1.807, 2.05) is 0 Å². The van der Waals surface area contributed by atoms with Gasteiger partial charge in [-0.1, -0.05) is 11.6 Å². The fourth-order valence-corrected chi connectivity index (χ4v) is 1.68. The number of anilines is 2. The number of carbonyl (C=O) groups is 1. The molecule has 0 radical (unpaired) electrons. The van der Waals surface area contributed by atoms with Crippen molar-refractivity contribution >= 4 is 29.0 Å². The summed E-state index contributed by atoms with van der Waals surface area (Å²) < 4.78 is 4.84. The summed E-state index contributed by atoms with van der Waals surface area (Å²) in [6.07, 6.45) is 1.50. The molecule has 0 saturated heterocycles. The second kappa shape index (κ2) is 7.03. The summed E-state index contributed by atoms with van der Waals surface area (Å²) in [5, 5.41) is 3.13. The van der Waals surface area contributed by atoms with E-state index in [1.165, 1.54) is 6.20 Å². The molecule has 0 spiro atoms. The van der Waals surface area contributed by atoms with E-state index in [0.717, 1.165) is 0 Å². The summed E-state index contributed by atoms with van der Waals surface area (Å²) in [6.45, 7) is 1.13. The number of pyridine rings is 1. The molecule has 1 amide bonds. The van der Waals surface area contributed by atoms with Crippen molar-refractivity contribution in [2.45, 2.75) is 0 Å². The molecule has 0 saturated carbocycles. The summed E-state index contributed by atoms with van der Waals surface area (Å²) in [5.74, 6) is 0.400. The first-order chi connectivity index (χ1) is 8.54. The zero-order valence-corrected chi connectivity index (χ0v) is 11.2. The van der Waals surface area contributed by atoms with Gasteiger partial charge in [-0.05, 0) is 6.07 Å². The first kappa shape index (κ1) is 14.5. The number of nitrogens with one attached hydrogen (secondary N) is 1. The second-order valence-electron chi connectivity index (χ2n) is 3.77. The molecule has 7 heteroatoms. The molecule has 1 aromatic rings. The molecule has 0 unspecified atom stereocenters. The molecule has 0 atom stereocenters. The van der Waals surface area contributed by atoms with E-state index in [-0.39, 0.29) is 12.5 Å². The summed E-state index contributed by atoms with van der Waals surface area (Å²) in [5.41, 5.74) is 6.04. The molecule has 100 valence electrons. The number of hydrogen-bond acceptors (Lipinski definition) is 5. The highest BCUT2D eigenvalue weighted by Gasteiger charge is 2.11. The van der Waals surface area contributed by atoms with Crippen LogP contribution in [-0.4, -0.2) is 44.7 Å². The molecular formula is C11H17ClN4O2. The lowest BCUT2D eigenvalue weighted by molar-refractivity contribution is -0.119. The van der Waals surface area contributed by atoms with Crippen molar-refractivity contribution in [1.29, 1.82) is 0 Å². The Balaban J connectivity index is 2.54. The molecule has 18 heavy (non-hydrogen) atoms. The largest absolute Gasteiger partial charge is 0.397 e. The van der Waals surface area contributed by atoms with Gasteiger partial charge in [0.2, 0.25) is 5.91 Å². The Hall–Kier alpha value is -1.53. The third kappa shape index (κ3) is 4.38. The summed E-state index contributed by atoms with van der Waals surface area (Å²) >= 11 is 6.00. The first-order valence-corrected chi connectivity index (χ1v) is 5.80. The van der Waals surface area contributed by atoms with E-state index < -0.39 is 0 Å². The van der Waals surface area contributed by atoms with Crippen LogP contribution in [-0.2, 0) is 9.53 Å². The number of aromatic nitrogens is 1. The maximum absolute atomic E-state index is 11.6. The van der Waals surface area contributed by atoms with Crippen LogP contribution in [0.2, 0.25) is 5.02 Å². The van der Waals surface area contributed by atoms with Gasteiger partial charge in [0.25, 0.3) is 0 Å². The minimum atomic E-state index is -0.121. The van der Waals surface area contributed by atoms with Crippen molar-refractivity contribution in [3.63, 3.8) is 0 Å². The quantitative estimate of drug-likeness (QED) is 0.738. The number of carbonyl (C=O) groups excluding carboxylic acids is 1. The van der Waals surface area contributed by atoms with Gasteiger partial charge in [0, 0.05) is 20.7 Å². The van der Waals surface area contributed by atoms with Gasteiger partial charge < -0.3 is 20.7 Å². The van der Waals surface area contributed by atoms with Crippen molar-refractivity contribution in [1.82, 2.24) is 10.3 Å². The number of nitrogens with zero attached hydrogens (tertiary/aromatic N) is 2. The maximum Gasteiger partial charge on any atom is 0.239 e. The van der Waals surface area contributed by atoms with Crippen LogP contribution < -0.4 is 16.0 Å². The molecule has 3 N–H and O–H groups in total. The smallest absolute Gasteiger partial charge is 0.239 e. The topological polar surface area (TPSA) is 80.5 Å². The average molecular weight is 273 g/mol. The first-order valence-electron chi connectivity index (χ1n) is 5.42. The Morgan fingerprint density at radius 2 is 2.39 bits per heavy atom. The number of likely N-dealkylation sites (N-methyl/N-ethyl adjacent to an activating group) is 1. The number of nitrogens with two attached hydrogens (primary N) is 1. The van der Waals surface area contributed by atoms with Crippen molar-refractivity contribution in [2.24, 2.45) is 0 Å². The third-order valence-corrected chi connectivity index (χ3v) is 2.49. The Labute approximate surface area is 111 Å². The maximum atomic E-state index is 11.6. The van der Waals surface area contributed by atoms with Crippen molar-refractivity contribution < 1.29 is 9.53 Å². The van der Waals surface area contributed by atoms with Gasteiger partial charge in [0.1, 0.15) is 5.82 Å². The molecule has 6 nitrogen and oxygen atoms in total. The minimum absolute atomic E-state index is 0.121. The molecule has 0 aliphatic carbocycles. The number of nitrogen functional groups attached to an aromatic ring is 1. The molecule has 1 heterocycles. The van der Waals surface area contributed by atoms with Gasteiger partial charge in [0.15, 0.2) is 0 Å². The zero-order chi connectivity index (χ0) is 13.5. The van der Waals surface area contributed by atoms with Crippen LogP contribution >= 0.6 is 11.6 Å². The molecule has 0 aromatic carbocycles. The molecule has 1 rings (SSSR count). The predicted octanol–water partition coefficient (Wildman–Crippen LogP) is 0.516. The van der Waals surface area contributed by atoms with Crippen molar-refractivity contribution in [3.8, 4) is 0 Å². The van der Waals surface area contributed by atoms with Gasteiger partial charge >= 0.3 is 0 Å². The minimum Gasteiger partial charge on any atom is -0.397 e. The summed E-state index contributed by atoms with van der Waals surface area (Å²) in [7, 11) is 3.32. The fourth-order valence-electron chi connectivity index (χ4n) is 1.37. The van der Waals surface area contributed by atoms with E-state index in [1.54, 1.807) is 25.1 Å². The molecular weight excluding hydrogens is 256 g/mol. The lowest BCUT2D eigenvalue weighted by Gasteiger charge is -2.18. The van der Waals surface area contributed by atoms with Crippen molar-refractivity contribution in [3.05, 3.63) is 17.3 Å². The highest BCUT2D eigenvalue weighted by molar-refractivity contribution is 6.33. The van der Waals surface area contributed by atoms with Crippen LogP contribution in [0.25, 0.3) is 0 Å². The Bertz CT molecular complexity index is 414. The number of amides is 1. The van der Waals surface area contributed by atoms with Crippen molar-refractivity contribution in [2.75, 3.05) is 44.5 Å². The fraction of sp³-hybridized carbons (Fsp3) is 0.455. The lowest BCUT2D eigenvalue weighted by atomic mass is 10.4. The van der Waals surface area contributed by atoms with Crippen LogP contribution in [0, 0.1) is 0 Å². The predicted molar refractivity (Wildman–Crippen MR) is 71.8 cm³/mol. The van der Waals surface area contributed by atoms with E-state index in [0.29, 0.717) is 29.7 Å². The van der Waals surface area contributed by atoms with E-state index in [9.17, 15) is 4.79 Å². The van der Waals surface area contributed by atoms with Crippen LogP contribution in [0.1, 0.15) is 0 Å². The van der Waals surface area contributed by atoms with Gasteiger partial charge in [0.05, 0.1) is 30.1 Å². The molecule has 0 aliphatic rings. The number of ether oxygens (including phenoxy) is 1. The highest BCUT2D eigenvalue weighted by Crippen LogP contribution is 2.23. The van der Waals surface area contributed by atoms with Gasteiger partial charge in [-0.2, -0.15) is 0 Å². The summed E-state index contributed by atoms with van der Waals surface area (Å²) in [6, 6.07) is 1.60. The number of halogens is 1. The van der Waals surface area contributed by atoms with Crippen LogP contribution in [0.3, 0.4) is 0 Å². The van der Waals surface area contributed by atoms with Gasteiger partial charge in [-0.15, -0.1) is 0 Å². The van der Waals surface area contributed by atoms with Crippen LogP contribution in [0.4, 0.5) is 11.5 Å². The second-order valence-corrected chi connectivity index (χ2v) is 4.18. The van der Waals surface area contributed by atoms with E-state index >= 15 is 0 Å². The standard InChI is InChI=1S/C11H17ClN4O2/c1-16(7-10(17)14-3-4-18-2)11-9(12)5-8(13)6-15-11/h5-6H,3-4,7,13H2,1-2H3,(H,14,17). The third-order valence-electron chi connectivity index (χ3n) is 2.21. The number of hydrogen-bond donors (Lipinski definition) is 2. The monoisotopic (exact) mass is 272 g/mol. The Kier molecular flexibility index (Phi) is 5.67. The molecule has 0 aliphatic heterocycles. The van der Waals surface area contributed by atoms with Crippen LogP contribution in [0.5, 0.6) is 0 Å².